The first-order valence-electron chi connectivity index (χ1n) is 16.5. The normalized spacial score (nSPS) is 18.5. The molecular weight excluding hydrogens is 630 g/mol. The van der Waals surface area contributed by atoms with Gasteiger partial charge in [0.05, 0.1) is 28.9 Å². The predicted octanol–water partition coefficient (Wildman–Crippen LogP) is 6.70. The molecule has 2 saturated heterocycles. The van der Waals surface area contributed by atoms with Crippen molar-refractivity contribution in [2.24, 2.45) is 0 Å². The molecule has 2 aromatic carbocycles. The maximum absolute atomic E-state index is 13.1. The van der Waals surface area contributed by atoms with E-state index in [2.05, 4.69) is 15.3 Å². The van der Waals surface area contributed by atoms with E-state index < -0.39 is 15.4 Å². The van der Waals surface area contributed by atoms with Crippen molar-refractivity contribution in [2.45, 2.75) is 76.9 Å². The van der Waals surface area contributed by atoms with E-state index in [4.69, 9.17) is 19.2 Å². The number of rotatable bonds is 9. The third-order valence-electron chi connectivity index (χ3n) is 8.45. The van der Waals surface area contributed by atoms with E-state index >= 15 is 0 Å². The molecule has 0 bridgehead atoms. The summed E-state index contributed by atoms with van der Waals surface area (Å²) in [6.45, 7) is 9.29. The molecule has 254 valence electrons. The molecule has 0 aliphatic carbocycles. The lowest BCUT2D eigenvalue weighted by molar-refractivity contribution is 0.0206. The number of nitrogens with one attached hydrogen (secondary N) is 1. The number of pyridine rings is 1. The quantitative estimate of drug-likeness (QED) is 0.205. The summed E-state index contributed by atoms with van der Waals surface area (Å²) >= 11 is 0. The van der Waals surface area contributed by atoms with Crippen LogP contribution < -0.4 is 10.1 Å². The summed E-state index contributed by atoms with van der Waals surface area (Å²) in [7, 11) is -3.39. The number of carbonyl (C=O) groups is 1. The van der Waals surface area contributed by atoms with Gasteiger partial charge in [-0.2, -0.15) is 0 Å². The second-order valence-electron chi connectivity index (χ2n) is 13.5. The molecule has 12 heteroatoms. The van der Waals surface area contributed by atoms with Crippen molar-refractivity contribution in [1.29, 1.82) is 0 Å². The van der Waals surface area contributed by atoms with Gasteiger partial charge in [-0.1, -0.05) is 30.3 Å². The Labute approximate surface area is 282 Å². The fourth-order valence-electron chi connectivity index (χ4n) is 6.23. The van der Waals surface area contributed by atoms with Crippen LogP contribution in [0.2, 0.25) is 0 Å². The number of benzene rings is 2. The highest BCUT2D eigenvalue weighted by Crippen LogP contribution is 2.38. The minimum atomic E-state index is -3.39. The number of nitrogens with zero attached hydrogens (tertiary/aromatic N) is 4. The number of piperidine rings is 1. The summed E-state index contributed by atoms with van der Waals surface area (Å²) in [5.74, 6) is 1.35. The number of aromatic nitrogens is 3. The fourth-order valence-corrected chi connectivity index (χ4v) is 7.91. The molecule has 2 atom stereocenters. The molecule has 1 amide bonds. The van der Waals surface area contributed by atoms with Gasteiger partial charge in [0.15, 0.2) is 9.84 Å². The number of ether oxygens (including phenoxy) is 3. The Morgan fingerprint density at radius 3 is 2.67 bits per heavy atom. The number of likely N-dealkylation sites (tertiary alicyclic amines) is 1. The molecule has 0 spiro atoms. The van der Waals surface area contributed by atoms with Crippen molar-refractivity contribution in [3.63, 3.8) is 0 Å². The molecule has 2 aliphatic heterocycles. The fraction of sp³-hybridized carbons (Fsp3) is 0.444. The Balaban J connectivity index is 1.23. The van der Waals surface area contributed by atoms with Crippen molar-refractivity contribution in [3.05, 3.63) is 72.1 Å². The Hall–Kier alpha value is -4.29. The third kappa shape index (κ3) is 8.22. The van der Waals surface area contributed by atoms with Gasteiger partial charge in [0.25, 0.3) is 0 Å². The third-order valence-corrected chi connectivity index (χ3v) is 10.1. The number of sulfone groups is 1. The van der Waals surface area contributed by atoms with Crippen molar-refractivity contribution >= 4 is 32.7 Å². The molecule has 0 saturated carbocycles. The Morgan fingerprint density at radius 2 is 1.88 bits per heavy atom. The maximum atomic E-state index is 13.1. The van der Waals surface area contributed by atoms with Crippen molar-refractivity contribution in [3.8, 4) is 22.9 Å². The first-order chi connectivity index (χ1) is 22.9. The highest BCUT2D eigenvalue weighted by Gasteiger charge is 2.28. The molecular formula is C36H43N5O6S. The average molecular weight is 674 g/mol. The molecule has 0 radical (unpaired) electrons. The van der Waals surface area contributed by atoms with Gasteiger partial charge in [0.1, 0.15) is 11.4 Å². The van der Waals surface area contributed by atoms with E-state index in [-0.39, 0.29) is 29.7 Å². The topological polar surface area (TPSA) is 133 Å². The van der Waals surface area contributed by atoms with E-state index in [0.717, 1.165) is 47.6 Å². The summed E-state index contributed by atoms with van der Waals surface area (Å²) in [5, 5.41) is 5.01. The zero-order valence-electron chi connectivity index (χ0n) is 27.9. The van der Waals surface area contributed by atoms with Crippen LogP contribution in [0.25, 0.3) is 22.0 Å². The highest BCUT2D eigenvalue weighted by molar-refractivity contribution is 7.90. The van der Waals surface area contributed by atoms with Crippen molar-refractivity contribution in [2.75, 3.05) is 30.8 Å². The van der Waals surface area contributed by atoms with Crippen LogP contribution >= 0.6 is 0 Å². The summed E-state index contributed by atoms with van der Waals surface area (Å²) in [5.41, 5.74) is 2.34. The van der Waals surface area contributed by atoms with Gasteiger partial charge in [-0.25, -0.2) is 28.2 Å². The van der Waals surface area contributed by atoms with Gasteiger partial charge in [0, 0.05) is 43.5 Å². The lowest BCUT2D eigenvalue weighted by Gasteiger charge is -2.34. The van der Waals surface area contributed by atoms with E-state index in [0.29, 0.717) is 48.5 Å². The van der Waals surface area contributed by atoms with Crippen molar-refractivity contribution in [1.82, 2.24) is 19.9 Å². The smallest absolute Gasteiger partial charge is 0.410 e. The van der Waals surface area contributed by atoms with Crippen LogP contribution in [-0.2, 0) is 25.1 Å². The Morgan fingerprint density at radius 1 is 1.02 bits per heavy atom. The van der Waals surface area contributed by atoms with E-state index in [9.17, 15) is 13.2 Å². The van der Waals surface area contributed by atoms with Crippen LogP contribution in [0.1, 0.15) is 57.6 Å². The predicted molar refractivity (Wildman–Crippen MR) is 185 cm³/mol. The van der Waals surface area contributed by atoms with Crippen LogP contribution in [0.5, 0.6) is 11.6 Å². The second-order valence-corrected chi connectivity index (χ2v) is 15.7. The number of amides is 1. The molecule has 2 aromatic heterocycles. The van der Waals surface area contributed by atoms with Gasteiger partial charge < -0.3 is 24.4 Å². The number of carbonyl (C=O) groups excluding carboxylic acids is 1. The summed E-state index contributed by atoms with van der Waals surface area (Å²) in [4.78, 5) is 28.2. The highest BCUT2D eigenvalue weighted by atomic mass is 32.2. The summed E-state index contributed by atoms with van der Waals surface area (Å²) < 4.78 is 44.0. The molecule has 4 aromatic rings. The number of hydrogen-bond acceptors (Lipinski definition) is 10. The summed E-state index contributed by atoms with van der Waals surface area (Å²) in [6.07, 6.45) is 6.16. The van der Waals surface area contributed by atoms with Crippen LogP contribution in [0.15, 0.2) is 60.9 Å². The number of fused-ring (bicyclic) bond motifs is 1. The first kappa shape index (κ1) is 33.6. The minimum absolute atomic E-state index is 0.0222. The number of anilines is 1. The van der Waals surface area contributed by atoms with Gasteiger partial charge >= 0.3 is 6.09 Å². The van der Waals surface area contributed by atoms with E-state index in [1.54, 1.807) is 23.4 Å². The molecule has 48 heavy (non-hydrogen) atoms. The Kier molecular flexibility index (Phi) is 9.84. The van der Waals surface area contributed by atoms with Gasteiger partial charge in [-0.3, -0.25) is 0 Å². The van der Waals surface area contributed by atoms with Crippen LogP contribution in [0.3, 0.4) is 0 Å². The van der Waals surface area contributed by atoms with E-state index in [1.165, 1.54) is 0 Å². The zero-order valence-corrected chi connectivity index (χ0v) is 28.8. The summed E-state index contributed by atoms with van der Waals surface area (Å²) in [6, 6.07) is 15.0. The lowest BCUT2D eigenvalue weighted by atomic mass is 10.0. The number of aryl methyl sites for hydroxylation is 1. The van der Waals surface area contributed by atoms with Crippen LogP contribution in [-0.4, -0.2) is 77.6 Å². The standard InChI is InChI=1S/C36H43N5O6S/c1-24-14-15-28-25(22-48(43,44)23-27-11-8-20-45-27)9-5-12-29(28)32(24)46-33-30(13-6-17-37-33)31-16-18-38-34(40-31)39-26-10-7-19-41(21-26)35(42)47-36(2,3)4/h5-6,9,12-18,26-27H,7-8,10-11,19-23H2,1-4H3,(H,38,39,40)/t26-,27?/m0/s1. The zero-order chi connectivity index (χ0) is 33.9. The maximum Gasteiger partial charge on any atom is 0.410 e. The van der Waals surface area contributed by atoms with Gasteiger partial charge in [-0.15, -0.1) is 0 Å². The monoisotopic (exact) mass is 673 g/mol. The van der Waals surface area contributed by atoms with Gasteiger partial charge in [-0.05, 0) is 88.1 Å². The SMILES string of the molecule is Cc1ccc2c(CS(=O)(=O)CC3CCCO3)cccc2c1Oc1ncccc1-c1ccnc(N[C@H]2CCCN(C(=O)OC(C)(C)C)C2)n1. The Bertz CT molecular complexity index is 1890. The first-order valence-corrected chi connectivity index (χ1v) is 18.3. The molecule has 11 nitrogen and oxygen atoms in total. The molecule has 1 N–H and O–H groups in total. The van der Waals surface area contributed by atoms with Crippen molar-refractivity contribution < 1.29 is 27.4 Å². The molecule has 2 aliphatic rings. The number of hydrogen-bond donors (Lipinski definition) is 1. The lowest BCUT2D eigenvalue weighted by Crippen LogP contribution is -2.47. The molecule has 2 fully saturated rings. The van der Waals surface area contributed by atoms with Gasteiger partial charge in [0.2, 0.25) is 11.8 Å². The molecule has 1 unspecified atom stereocenters. The largest absolute Gasteiger partial charge is 0.444 e. The molecule has 4 heterocycles. The van der Waals surface area contributed by atoms with Crippen LogP contribution in [0.4, 0.5) is 10.7 Å². The second kappa shape index (κ2) is 14.1. The van der Waals surface area contributed by atoms with Crippen LogP contribution in [0, 0.1) is 6.92 Å². The minimum Gasteiger partial charge on any atom is -0.444 e. The average Bonchev–Trinajstić information content (AvgIpc) is 3.54. The van der Waals surface area contributed by atoms with E-state index in [1.807, 2.05) is 70.2 Å². The molecule has 6 rings (SSSR count).